The van der Waals surface area contributed by atoms with E-state index in [-0.39, 0.29) is 23.8 Å². The van der Waals surface area contributed by atoms with E-state index >= 15 is 0 Å². The average Bonchev–Trinajstić information content (AvgIpc) is 3.27. The molecule has 2 amide bonds. The molecule has 2 aliphatic rings. The molecule has 1 saturated carbocycles. The molecule has 0 spiro atoms. The summed E-state index contributed by atoms with van der Waals surface area (Å²) in [6.45, 7) is 4.13. The van der Waals surface area contributed by atoms with Crippen LogP contribution in [-0.2, 0) is 4.79 Å². The fraction of sp³-hybridized carbons (Fsp3) is 0.556. The molecule has 3 rings (SSSR count). The standard InChI is InChI=1S/C18H25N3O2/c1-12-11-16(12)18(23)20-14-5-3-13(4-6-14)17(22)19-15-7-9-21(2)10-8-15/h3-6,12,15-16H,7-11H2,1-2H3,(H,19,22)(H,20,23)/t12-,16-/m1/s1. The van der Waals surface area contributed by atoms with Gasteiger partial charge in [-0.25, -0.2) is 0 Å². The number of hydrogen-bond donors (Lipinski definition) is 2. The summed E-state index contributed by atoms with van der Waals surface area (Å²) in [5.41, 5.74) is 1.40. The normalized spacial score (nSPS) is 25.0. The molecular formula is C18H25N3O2. The Bertz CT molecular complexity index is 576. The molecule has 1 aliphatic heterocycles. The number of carbonyl (C=O) groups excluding carboxylic acids is 2. The van der Waals surface area contributed by atoms with Crippen molar-refractivity contribution in [3.05, 3.63) is 29.8 Å². The van der Waals surface area contributed by atoms with E-state index in [0.717, 1.165) is 38.0 Å². The van der Waals surface area contributed by atoms with Crippen molar-refractivity contribution in [2.24, 2.45) is 11.8 Å². The number of rotatable bonds is 4. The molecule has 23 heavy (non-hydrogen) atoms. The van der Waals surface area contributed by atoms with Gasteiger partial charge < -0.3 is 15.5 Å². The Kier molecular flexibility index (Phi) is 4.66. The quantitative estimate of drug-likeness (QED) is 0.894. The van der Waals surface area contributed by atoms with Crippen LogP contribution < -0.4 is 10.6 Å². The van der Waals surface area contributed by atoms with Crippen LogP contribution in [0.5, 0.6) is 0 Å². The lowest BCUT2D eigenvalue weighted by Crippen LogP contribution is -2.43. The lowest BCUT2D eigenvalue weighted by molar-refractivity contribution is -0.117. The van der Waals surface area contributed by atoms with Crippen molar-refractivity contribution in [3.8, 4) is 0 Å². The zero-order chi connectivity index (χ0) is 16.4. The van der Waals surface area contributed by atoms with E-state index < -0.39 is 0 Å². The SMILES string of the molecule is C[C@@H]1C[C@H]1C(=O)Nc1ccc(C(=O)NC2CCN(C)CC2)cc1. The number of likely N-dealkylation sites (tertiary alicyclic amines) is 1. The molecule has 5 nitrogen and oxygen atoms in total. The Morgan fingerprint density at radius 3 is 2.30 bits per heavy atom. The highest BCUT2D eigenvalue weighted by molar-refractivity contribution is 5.97. The summed E-state index contributed by atoms with van der Waals surface area (Å²) < 4.78 is 0. The number of hydrogen-bond acceptors (Lipinski definition) is 3. The lowest BCUT2D eigenvalue weighted by Gasteiger charge is -2.29. The van der Waals surface area contributed by atoms with Crippen LogP contribution in [0.25, 0.3) is 0 Å². The number of nitrogens with one attached hydrogen (secondary N) is 2. The van der Waals surface area contributed by atoms with Gasteiger partial charge in [-0.15, -0.1) is 0 Å². The van der Waals surface area contributed by atoms with Crippen LogP contribution in [0, 0.1) is 11.8 Å². The molecule has 0 radical (unpaired) electrons. The van der Waals surface area contributed by atoms with Crippen LogP contribution in [-0.4, -0.2) is 42.9 Å². The minimum Gasteiger partial charge on any atom is -0.349 e. The first-order valence-corrected chi connectivity index (χ1v) is 8.43. The minimum atomic E-state index is -0.0340. The van der Waals surface area contributed by atoms with Crippen LogP contribution in [0.1, 0.15) is 36.5 Å². The molecule has 1 aromatic carbocycles. The van der Waals surface area contributed by atoms with Crippen LogP contribution >= 0.6 is 0 Å². The van der Waals surface area contributed by atoms with Crippen molar-refractivity contribution in [1.82, 2.24) is 10.2 Å². The Balaban J connectivity index is 1.52. The average molecular weight is 315 g/mol. The van der Waals surface area contributed by atoms with E-state index in [9.17, 15) is 9.59 Å². The van der Waals surface area contributed by atoms with Crippen LogP contribution in [0.15, 0.2) is 24.3 Å². The van der Waals surface area contributed by atoms with Crippen molar-refractivity contribution in [3.63, 3.8) is 0 Å². The van der Waals surface area contributed by atoms with Gasteiger partial charge in [-0.05, 0) is 69.6 Å². The van der Waals surface area contributed by atoms with Crippen LogP contribution in [0.2, 0.25) is 0 Å². The molecule has 0 unspecified atom stereocenters. The van der Waals surface area contributed by atoms with Gasteiger partial charge in [-0.3, -0.25) is 9.59 Å². The van der Waals surface area contributed by atoms with E-state index in [1.54, 1.807) is 24.3 Å². The molecule has 0 aromatic heterocycles. The first-order valence-electron chi connectivity index (χ1n) is 8.43. The van der Waals surface area contributed by atoms with Crippen LogP contribution in [0.3, 0.4) is 0 Å². The number of benzene rings is 1. The summed E-state index contributed by atoms with van der Waals surface area (Å²) in [5, 5.41) is 6.01. The predicted molar refractivity (Wildman–Crippen MR) is 90.3 cm³/mol. The second-order valence-corrected chi connectivity index (χ2v) is 6.94. The summed E-state index contributed by atoms with van der Waals surface area (Å²) in [6.07, 6.45) is 2.97. The summed E-state index contributed by atoms with van der Waals surface area (Å²) in [6, 6.07) is 7.41. The third kappa shape index (κ3) is 4.10. The fourth-order valence-electron chi connectivity index (χ4n) is 3.05. The summed E-state index contributed by atoms with van der Waals surface area (Å²) in [5.74, 6) is 0.700. The Morgan fingerprint density at radius 1 is 1.13 bits per heavy atom. The number of anilines is 1. The second kappa shape index (κ2) is 6.71. The Labute approximate surface area is 137 Å². The number of amides is 2. The molecule has 1 heterocycles. The molecule has 2 fully saturated rings. The van der Waals surface area contributed by atoms with E-state index in [0.29, 0.717) is 11.5 Å². The van der Waals surface area contributed by atoms with E-state index in [2.05, 4.69) is 29.5 Å². The summed E-state index contributed by atoms with van der Waals surface area (Å²) >= 11 is 0. The highest BCUT2D eigenvalue weighted by atomic mass is 16.2. The maximum Gasteiger partial charge on any atom is 0.251 e. The van der Waals surface area contributed by atoms with Gasteiger partial charge in [-0.1, -0.05) is 6.92 Å². The molecule has 1 saturated heterocycles. The van der Waals surface area contributed by atoms with Gasteiger partial charge in [-0.2, -0.15) is 0 Å². The van der Waals surface area contributed by atoms with Gasteiger partial charge in [0.15, 0.2) is 0 Å². The number of nitrogens with zero attached hydrogens (tertiary/aromatic N) is 1. The van der Waals surface area contributed by atoms with Gasteiger partial charge in [0.1, 0.15) is 0 Å². The smallest absolute Gasteiger partial charge is 0.251 e. The minimum absolute atomic E-state index is 0.0340. The third-order valence-corrected chi connectivity index (χ3v) is 4.91. The Morgan fingerprint density at radius 2 is 1.74 bits per heavy atom. The second-order valence-electron chi connectivity index (χ2n) is 6.94. The first kappa shape index (κ1) is 16.0. The highest BCUT2D eigenvalue weighted by Gasteiger charge is 2.39. The van der Waals surface area contributed by atoms with Gasteiger partial charge in [0.05, 0.1) is 0 Å². The molecule has 5 heteroatoms. The zero-order valence-corrected chi connectivity index (χ0v) is 13.8. The molecule has 1 aromatic rings. The molecule has 2 atom stereocenters. The molecule has 124 valence electrons. The molecule has 0 bridgehead atoms. The maximum absolute atomic E-state index is 12.3. The number of piperidine rings is 1. The largest absolute Gasteiger partial charge is 0.349 e. The molecular weight excluding hydrogens is 290 g/mol. The Hall–Kier alpha value is -1.88. The summed E-state index contributed by atoms with van der Waals surface area (Å²) in [7, 11) is 2.10. The van der Waals surface area contributed by atoms with Gasteiger partial charge in [0.2, 0.25) is 5.91 Å². The molecule has 2 N–H and O–H groups in total. The number of carbonyl (C=O) groups is 2. The third-order valence-electron chi connectivity index (χ3n) is 4.91. The monoisotopic (exact) mass is 315 g/mol. The van der Waals surface area contributed by atoms with E-state index in [1.165, 1.54) is 0 Å². The van der Waals surface area contributed by atoms with Crippen molar-refractivity contribution in [1.29, 1.82) is 0 Å². The van der Waals surface area contributed by atoms with E-state index in [1.807, 2.05) is 0 Å². The predicted octanol–water partition coefficient (Wildman–Crippen LogP) is 2.11. The fourth-order valence-corrected chi connectivity index (χ4v) is 3.05. The van der Waals surface area contributed by atoms with Gasteiger partial charge >= 0.3 is 0 Å². The zero-order valence-electron chi connectivity index (χ0n) is 13.8. The topological polar surface area (TPSA) is 61.4 Å². The van der Waals surface area contributed by atoms with Gasteiger partial charge in [0.25, 0.3) is 5.91 Å². The van der Waals surface area contributed by atoms with Crippen LogP contribution in [0.4, 0.5) is 5.69 Å². The first-order chi connectivity index (χ1) is 11.0. The maximum atomic E-state index is 12.3. The molecule has 1 aliphatic carbocycles. The lowest BCUT2D eigenvalue weighted by atomic mass is 10.0. The van der Waals surface area contributed by atoms with Gasteiger partial charge in [0, 0.05) is 23.2 Å². The van der Waals surface area contributed by atoms with E-state index in [4.69, 9.17) is 0 Å². The summed E-state index contributed by atoms with van der Waals surface area (Å²) in [4.78, 5) is 26.5. The van der Waals surface area contributed by atoms with Crippen molar-refractivity contribution in [2.75, 3.05) is 25.5 Å². The van der Waals surface area contributed by atoms with Crippen molar-refractivity contribution < 1.29 is 9.59 Å². The van der Waals surface area contributed by atoms with Crippen molar-refractivity contribution >= 4 is 17.5 Å². The highest BCUT2D eigenvalue weighted by Crippen LogP contribution is 2.38. The van der Waals surface area contributed by atoms with Crippen molar-refractivity contribution in [2.45, 2.75) is 32.2 Å².